The van der Waals surface area contributed by atoms with E-state index in [1.165, 1.54) is 0 Å². The van der Waals surface area contributed by atoms with Gasteiger partial charge in [-0.05, 0) is 24.5 Å². The molecule has 3 nitrogen and oxygen atoms in total. The van der Waals surface area contributed by atoms with E-state index in [4.69, 9.17) is 0 Å². The zero-order valence-electron chi connectivity index (χ0n) is 10.3. The molecule has 0 unspecified atom stereocenters. The molecule has 1 aromatic carbocycles. The van der Waals surface area contributed by atoms with Crippen LogP contribution in [0, 0.1) is 6.92 Å². The van der Waals surface area contributed by atoms with E-state index in [0.29, 0.717) is 0 Å². The van der Waals surface area contributed by atoms with Crippen LogP contribution in [0.25, 0.3) is 11.1 Å². The highest BCUT2D eigenvalue weighted by Crippen LogP contribution is 2.24. The van der Waals surface area contributed by atoms with E-state index < -0.39 is 0 Å². The number of hydrogen-bond donors (Lipinski definition) is 2. The van der Waals surface area contributed by atoms with Crippen LogP contribution in [0.4, 0.5) is 0 Å². The summed E-state index contributed by atoms with van der Waals surface area (Å²) in [6.07, 6.45) is 3.28. The van der Waals surface area contributed by atoms with Crippen LogP contribution in [0.1, 0.15) is 37.1 Å². The van der Waals surface area contributed by atoms with Gasteiger partial charge in [-0.1, -0.05) is 37.6 Å². The van der Waals surface area contributed by atoms with Crippen molar-refractivity contribution in [1.82, 2.24) is 10.2 Å². The van der Waals surface area contributed by atoms with E-state index in [1.807, 2.05) is 37.4 Å². The summed E-state index contributed by atoms with van der Waals surface area (Å²) >= 11 is 0. The summed E-state index contributed by atoms with van der Waals surface area (Å²) in [6, 6.07) is 8.04. The molecule has 0 aliphatic heterocycles. The number of aliphatic hydroxyl groups excluding tert-OH is 1. The lowest BCUT2D eigenvalue weighted by atomic mass is 10.0. The topological polar surface area (TPSA) is 48.9 Å². The second-order valence-corrected chi connectivity index (χ2v) is 4.34. The van der Waals surface area contributed by atoms with Crippen LogP contribution in [-0.4, -0.2) is 15.3 Å². The summed E-state index contributed by atoms with van der Waals surface area (Å²) in [5, 5.41) is 16.8. The van der Waals surface area contributed by atoms with Gasteiger partial charge < -0.3 is 5.11 Å². The normalized spacial score (nSPS) is 12.6. The molecule has 0 spiro atoms. The van der Waals surface area contributed by atoms with Crippen molar-refractivity contribution < 1.29 is 5.11 Å². The molecule has 1 heterocycles. The molecule has 0 aliphatic carbocycles. The smallest absolute Gasteiger partial charge is 0.0790 e. The van der Waals surface area contributed by atoms with Gasteiger partial charge in [-0.15, -0.1) is 0 Å². The van der Waals surface area contributed by atoms with Crippen molar-refractivity contribution in [3.8, 4) is 11.1 Å². The zero-order valence-corrected chi connectivity index (χ0v) is 10.3. The van der Waals surface area contributed by atoms with Gasteiger partial charge in [-0.3, -0.25) is 5.10 Å². The monoisotopic (exact) mass is 230 g/mol. The average Bonchev–Trinajstić information content (AvgIpc) is 2.76. The predicted octanol–water partition coefficient (Wildman–Crippen LogP) is 3.22. The van der Waals surface area contributed by atoms with E-state index >= 15 is 0 Å². The Morgan fingerprint density at radius 2 is 2.00 bits per heavy atom. The molecule has 0 aliphatic rings. The van der Waals surface area contributed by atoms with Gasteiger partial charge in [0.05, 0.1) is 12.3 Å². The minimum absolute atomic E-state index is 0.348. The maximum Gasteiger partial charge on any atom is 0.0790 e. The lowest BCUT2D eigenvalue weighted by Gasteiger charge is -2.10. The number of benzene rings is 1. The van der Waals surface area contributed by atoms with Crippen LogP contribution in [0.3, 0.4) is 0 Å². The molecule has 3 heteroatoms. The van der Waals surface area contributed by atoms with Crippen molar-refractivity contribution in [3.63, 3.8) is 0 Å². The summed E-state index contributed by atoms with van der Waals surface area (Å²) < 4.78 is 0. The Bertz CT molecular complexity index is 473. The van der Waals surface area contributed by atoms with E-state index in [-0.39, 0.29) is 6.10 Å². The number of aromatic amines is 1. The minimum atomic E-state index is -0.348. The predicted molar refractivity (Wildman–Crippen MR) is 68.6 cm³/mol. The molecule has 0 fully saturated rings. The first-order chi connectivity index (χ1) is 8.22. The first kappa shape index (κ1) is 11.9. The largest absolute Gasteiger partial charge is 0.388 e. The molecule has 0 amide bonds. The third-order valence-electron chi connectivity index (χ3n) is 3.00. The van der Waals surface area contributed by atoms with E-state index in [9.17, 15) is 5.11 Å². The molecular formula is C14H18N2O. The second kappa shape index (κ2) is 5.15. The van der Waals surface area contributed by atoms with E-state index in [2.05, 4.69) is 17.1 Å². The van der Waals surface area contributed by atoms with Crippen molar-refractivity contribution >= 4 is 0 Å². The molecule has 17 heavy (non-hydrogen) atoms. The zero-order chi connectivity index (χ0) is 12.3. The van der Waals surface area contributed by atoms with Crippen molar-refractivity contribution in [2.24, 2.45) is 0 Å². The average molecular weight is 230 g/mol. The van der Waals surface area contributed by atoms with Crippen LogP contribution in [0.5, 0.6) is 0 Å². The second-order valence-electron chi connectivity index (χ2n) is 4.34. The van der Waals surface area contributed by atoms with Gasteiger partial charge in [0.15, 0.2) is 0 Å². The minimum Gasteiger partial charge on any atom is -0.388 e. The Morgan fingerprint density at radius 1 is 1.29 bits per heavy atom. The number of hydrogen-bond acceptors (Lipinski definition) is 2. The quantitative estimate of drug-likeness (QED) is 0.847. The molecule has 0 radical (unpaired) electrons. The maximum absolute atomic E-state index is 9.88. The fourth-order valence-corrected chi connectivity index (χ4v) is 1.97. The van der Waals surface area contributed by atoms with Gasteiger partial charge in [0, 0.05) is 11.3 Å². The maximum atomic E-state index is 9.88. The Morgan fingerprint density at radius 3 is 2.53 bits per heavy atom. The Balaban J connectivity index is 2.21. The third-order valence-corrected chi connectivity index (χ3v) is 3.00. The van der Waals surface area contributed by atoms with Gasteiger partial charge in [0.2, 0.25) is 0 Å². The molecular weight excluding hydrogens is 212 g/mol. The molecule has 1 aromatic heterocycles. The summed E-state index contributed by atoms with van der Waals surface area (Å²) in [5.74, 6) is 0. The van der Waals surface area contributed by atoms with E-state index in [1.54, 1.807) is 0 Å². The fourth-order valence-electron chi connectivity index (χ4n) is 1.97. The Labute approximate surface area is 102 Å². The van der Waals surface area contributed by atoms with Crippen molar-refractivity contribution in [3.05, 3.63) is 41.7 Å². The number of nitrogens with one attached hydrogen (secondary N) is 1. The van der Waals surface area contributed by atoms with Gasteiger partial charge in [0.25, 0.3) is 0 Å². The van der Waals surface area contributed by atoms with Gasteiger partial charge >= 0.3 is 0 Å². The van der Waals surface area contributed by atoms with Crippen molar-refractivity contribution in [2.45, 2.75) is 32.8 Å². The third kappa shape index (κ3) is 2.56. The van der Waals surface area contributed by atoms with Gasteiger partial charge in [-0.25, -0.2) is 0 Å². The number of nitrogens with zero attached hydrogens (tertiary/aromatic N) is 1. The highest BCUT2D eigenvalue weighted by atomic mass is 16.3. The first-order valence-corrected chi connectivity index (χ1v) is 6.00. The number of aromatic nitrogens is 2. The molecule has 0 saturated heterocycles. The fraction of sp³-hybridized carbons (Fsp3) is 0.357. The number of aryl methyl sites for hydroxylation is 1. The summed E-state index contributed by atoms with van der Waals surface area (Å²) in [7, 11) is 0. The Kier molecular flexibility index (Phi) is 3.59. The van der Waals surface area contributed by atoms with Crippen LogP contribution in [-0.2, 0) is 0 Å². The molecule has 90 valence electrons. The van der Waals surface area contributed by atoms with Crippen LogP contribution < -0.4 is 0 Å². The highest BCUT2D eigenvalue weighted by molar-refractivity contribution is 5.65. The standard InChI is InChI=1S/C14H18N2O/c1-3-4-14(17)12-7-5-11(6-8-12)13-9-15-16-10(13)2/h5-9,14,17H,3-4H2,1-2H3,(H,15,16)/t14-/m0/s1. The number of H-pyrrole nitrogens is 1. The highest BCUT2D eigenvalue weighted by Gasteiger charge is 2.07. The Hall–Kier alpha value is -1.61. The molecule has 2 aromatic rings. The number of aliphatic hydroxyl groups is 1. The molecule has 0 saturated carbocycles. The summed E-state index contributed by atoms with van der Waals surface area (Å²) in [4.78, 5) is 0. The van der Waals surface area contributed by atoms with Gasteiger partial charge in [0.1, 0.15) is 0 Å². The van der Waals surface area contributed by atoms with Crippen LogP contribution in [0.2, 0.25) is 0 Å². The van der Waals surface area contributed by atoms with Gasteiger partial charge in [-0.2, -0.15) is 5.10 Å². The lowest BCUT2D eigenvalue weighted by molar-refractivity contribution is 0.166. The van der Waals surface area contributed by atoms with Crippen molar-refractivity contribution in [2.75, 3.05) is 0 Å². The first-order valence-electron chi connectivity index (χ1n) is 6.00. The van der Waals surface area contributed by atoms with Crippen molar-refractivity contribution in [1.29, 1.82) is 0 Å². The molecule has 2 N–H and O–H groups in total. The van der Waals surface area contributed by atoms with E-state index in [0.717, 1.165) is 35.2 Å². The van der Waals surface area contributed by atoms with Crippen LogP contribution in [0.15, 0.2) is 30.5 Å². The molecule has 0 bridgehead atoms. The number of rotatable bonds is 4. The summed E-state index contributed by atoms with van der Waals surface area (Å²) in [6.45, 7) is 4.08. The lowest BCUT2D eigenvalue weighted by Crippen LogP contribution is -1.96. The van der Waals surface area contributed by atoms with Crippen LogP contribution >= 0.6 is 0 Å². The SMILES string of the molecule is CCC[C@H](O)c1ccc(-c2cn[nH]c2C)cc1. The molecule has 1 atom stereocenters. The molecule has 2 rings (SSSR count). The summed E-state index contributed by atoms with van der Waals surface area (Å²) in [5.41, 5.74) is 4.29.